The molecule has 1 aliphatic rings. The van der Waals surface area contributed by atoms with E-state index in [2.05, 4.69) is 41.5 Å². The molecular formula is C25H36N2O4. The Balaban J connectivity index is 1.34. The third-order valence-electron chi connectivity index (χ3n) is 6.02. The highest BCUT2D eigenvalue weighted by molar-refractivity contribution is 5.53. The summed E-state index contributed by atoms with van der Waals surface area (Å²) in [4.78, 5) is 2.43. The topological polar surface area (TPSA) is 52.2 Å². The number of fused-ring (bicyclic) bond motifs is 1. The van der Waals surface area contributed by atoms with E-state index in [9.17, 15) is 0 Å². The lowest BCUT2D eigenvalue weighted by Gasteiger charge is -2.34. The van der Waals surface area contributed by atoms with Crippen molar-refractivity contribution >= 4 is 0 Å². The molecule has 0 unspecified atom stereocenters. The van der Waals surface area contributed by atoms with Crippen molar-refractivity contribution in [2.24, 2.45) is 0 Å². The van der Waals surface area contributed by atoms with Gasteiger partial charge in [0.1, 0.15) is 0 Å². The summed E-state index contributed by atoms with van der Waals surface area (Å²) in [5, 5.41) is 3.55. The minimum atomic E-state index is 0.581. The number of likely N-dealkylation sites (N-methyl/N-ethyl adjacent to an activating group) is 1. The first-order valence-electron chi connectivity index (χ1n) is 10.9. The monoisotopic (exact) mass is 428 g/mol. The van der Waals surface area contributed by atoms with Crippen LogP contribution < -0.4 is 24.3 Å². The molecule has 0 saturated carbocycles. The summed E-state index contributed by atoms with van der Waals surface area (Å²) in [6.45, 7) is 4.14. The van der Waals surface area contributed by atoms with Gasteiger partial charge in [-0.05, 0) is 86.9 Å². The Bertz CT molecular complexity index is 856. The molecule has 0 heterocycles. The summed E-state index contributed by atoms with van der Waals surface area (Å²) in [5.41, 5.74) is 4.03. The quantitative estimate of drug-likeness (QED) is 0.493. The van der Waals surface area contributed by atoms with E-state index in [1.54, 1.807) is 28.4 Å². The summed E-state index contributed by atoms with van der Waals surface area (Å²) in [7, 11) is 8.93. The fourth-order valence-corrected chi connectivity index (χ4v) is 4.24. The molecule has 1 N–H and O–H groups in total. The molecule has 6 heteroatoms. The van der Waals surface area contributed by atoms with Crippen molar-refractivity contribution in [2.45, 2.75) is 25.2 Å². The summed E-state index contributed by atoms with van der Waals surface area (Å²) >= 11 is 0. The van der Waals surface area contributed by atoms with Crippen molar-refractivity contribution in [3.8, 4) is 23.0 Å². The van der Waals surface area contributed by atoms with E-state index in [-0.39, 0.29) is 0 Å². The van der Waals surface area contributed by atoms with Crippen LogP contribution in [0.5, 0.6) is 23.0 Å². The molecule has 0 fully saturated rings. The summed E-state index contributed by atoms with van der Waals surface area (Å²) < 4.78 is 21.5. The van der Waals surface area contributed by atoms with Crippen LogP contribution in [-0.2, 0) is 12.8 Å². The van der Waals surface area contributed by atoms with Crippen molar-refractivity contribution < 1.29 is 18.9 Å². The van der Waals surface area contributed by atoms with Gasteiger partial charge in [0.25, 0.3) is 0 Å². The third-order valence-corrected chi connectivity index (χ3v) is 6.02. The second-order valence-corrected chi connectivity index (χ2v) is 8.11. The minimum Gasteiger partial charge on any atom is -0.493 e. The van der Waals surface area contributed by atoms with Crippen LogP contribution in [0.25, 0.3) is 0 Å². The van der Waals surface area contributed by atoms with Crippen LogP contribution >= 0.6 is 0 Å². The number of ether oxygens (including phenoxy) is 4. The van der Waals surface area contributed by atoms with Crippen LogP contribution in [0.4, 0.5) is 0 Å². The van der Waals surface area contributed by atoms with Crippen molar-refractivity contribution in [3.63, 3.8) is 0 Å². The van der Waals surface area contributed by atoms with Gasteiger partial charge in [-0.15, -0.1) is 0 Å². The molecule has 0 amide bonds. The van der Waals surface area contributed by atoms with Gasteiger partial charge in [-0.3, -0.25) is 0 Å². The van der Waals surface area contributed by atoms with Crippen molar-refractivity contribution in [1.82, 2.24) is 10.2 Å². The summed E-state index contributed by atoms with van der Waals surface area (Å²) in [5.74, 6) is 3.79. The van der Waals surface area contributed by atoms with E-state index in [0.29, 0.717) is 5.92 Å². The molecule has 0 aliphatic heterocycles. The van der Waals surface area contributed by atoms with Gasteiger partial charge in [0.05, 0.1) is 28.4 Å². The zero-order chi connectivity index (χ0) is 22.2. The van der Waals surface area contributed by atoms with Gasteiger partial charge < -0.3 is 29.2 Å². The summed E-state index contributed by atoms with van der Waals surface area (Å²) in [6, 6.07) is 10.4. The van der Waals surface area contributed by atoms with E-state index >= 15 is 0 Å². The first-order chi connectivity index (χ1) is 15.1. The highest BCUT2D eigenvalue weighted by Crippen LogP contribution is 2.42. The molecule has 0 aromatic heterocycles. The lowest BCUT2D eigenvalue weighted by Crippen LogP contribution is -2.32. The molecule has 0 bridgehead atoms. The average molecular weight is 429 g/mol. The number of nitrogens with zero attached hydrogens (tertiary/aromatic N) is 1. The smallest absolute Gasteiger partial charge is 0.161 e. The zero-order valence-corrected chi connectivity index (χ0v) is 19.5. The predicted molar refractivity (Wildman–Crippen MR) is 124 cm³/mol. The Kier molecular flexibility index (Phi) is 8.43. The van der Waals surface area contributed by atoms with Gasteiger partial charge in [-0.1, -0.05) is 6.07 Å². The molecule has 6 nitrogen and oxygen atoms in total. The van der Waals surface area contributed by atoms with Gasteiger partial charge in [-0.25, -0.2) is 0 Å². The number of nitrogens with one attached hydrogen (secondary N) is 1. The third kappa shape index (κ3) is 5.83. The first kappa shape index (κ1) is 23.2. The van der Waals surface area contributed by atoms with Crippen LogP contribution in [0, 0.1) is 0 Å². The largest absolute Gasteiger partial charge is 0.493 e. The zero-order valence-electron chi connectivity index (χ0n) is 19.5. The molecule has 2 aromatic carbocycles. The normalized spacial score (nSPS) is 14.7. The average Bonchev–Trinajstić information content (AvgIpc) is 2.79. The maximum absolute atomic E-state index is 5.46. The number of hydrogen-bond donors (Lipinski definition) is 1. The van der Waals surface area contributed by atoms with Crippen LogP contribution in [0.3, 0.4) is 0 Å². The summed E-state index contributed by atoms with van der Waals surface area (Å²) in [6.07, 6.45) is 3.22. The molecule has 1 atom stereocenters. The Morgan fingerprint density at radius 3 is 2.26 bits per heavy atom. The second kappa shape index (κ2) is 11.3. The standard InChI is InChI=1S/C25H36N2O4/c1-27(17-20-14-19-15-24(30-4)25(31-5)16-21(19)20)12-6-10-26-11-9-18-7-8-22(28-2)23(13-18)29-3/h7-8,13,15-16,20,26H,6,9-12,14,17H2,1-5H3/t20-/m1/s1. The number of methoxy groups -OCH3 is 4. The molecule has 0 saturated heterocycles. The maximum atomic E-state index is 5.46. The SMILES string of the molecule is COc1ccc(CCNCCCN(C)C[C@H]2Cc3cc(OC)c(OC)cc32)cc1OC. The van der Waals surface area contributed by atoms with Crippen LogP contribution in [0.15, 0.2) is 30.3 Å². The fraction of sp³-hybridized carbons (Fsp3) is 0.520. The van der Waals surface area contributed by atoms with E-state index < -0.39 is 0 Å². The first-order valence-corrected chi connectivity index (χ1v) is 10.9. The molecular weight excluding hydrogens is 392 g/mol. The lowest BCUT2D eigenvalue weighted by molar-refractivity contribution is 0.291. The van der Waals surface area contributed by atoms with Gasteiger partial charge in [-0.2, -0.15) is 0 Å². The maximum Gasteiger partial charge on any atom is 0.161 e. The van der Waals surface area contributed by atoms with Crippen LogP contribution in [0.1, 0.15) is 29.0 Å². The van der Waals surface area contributed by atoms with Gasteiger partial charge in [0.2, 0.25) is 0 Å². The number of benzene rings is 2. The molecule has 0 spiro atoms. The molecule has 2 aromatic rings. The van der Waals surface area contributed by atoms with Crippen molar-refractivity contribution in [2.75, 3.05) is 61.7 Å². The predicted octanol–water partition coefficient (Wildman–Crippen LogP) is 3.51. The molecule has 170 valence electrons. The van der Waals surface area contributed by atoms with E-state index in [1.807, 2.05) is 6.07 Å². The van der Waals surface area contributed by atoms with Crippen molar-refractivity contribution in [1.29, 1.82) is 0 Å². The Labute approximate surface area is 186 Å². The van der Waals surface area contributed by atoms with E-state index in [0.717, 1.165) is 68.4 Å². The van der Waals surface area contributed by atoms with Crippen LogP contribution in [0.2, 0.25) is 0 Å². The highest BCUT2D eigenvalue weighted by Gasteiger charge is 2.29. The van der Waals surface area contributed by atoms with Gasteiger partial charge >= 0.3 is 0 Å². The number of hydrogen-bond acceptors (Lipinski definition) is 6. The Morgan fingerprint density at radius 1 is 0.871 bits per heavy atom. The van der Waals surface area contributed by atoms with Crippen molar-refractivity contribution in [3.05, 3.63) is 47.0 Å². The van der Waals surface area contributed by atoms with Gasteiger partial charge in [0.15, 0.2) is 23.0 Å². The second-order valence-electron chi connectivity index (χ2n) is 8.11. The molecule has 31 heavy (non-hydrogen) atoms. The van der Waals surface area contributed by atoms with Crippen LogP contribution in [-0.4, -0.2) is 66.6 Å². The number of rotatable bonds is 13. The highest BCUT2D eigenvalue weighted by atomic mass is 16.5. The fourth-order valence-electron chi connectivity index (χ4n) is 4.24. The Hall–Kier alpha value is -2.44. The Morgan fingerprint density at radius 2 is 1.55 bits per heavy atom. The minimum absolute atomic E-state index is 0.581. The molecule has 0 radical (unpaired) electrons. The lowest BCUT2D eigenvalue weighted by atomic mass is 9.77. The molecule has 3 rings (SSSR count). The van der Waals surface area contributed by atoms with E-state index in [4.69, 9.17) is 18.9 Å². The van der Waals surface area contributed by atoms with Gasteiger partial charge in [0, 0.05) is 12.5 Å². The van der Waals surface area contributed by atoms with E-state index in [1.165, 1.54) is 16.7 Å². The molecule has 1 aliphatic carbocycles.